The third-order valence-corrected chi connectivity index (χ3v) is 3.55. The average molecular weight is 367 g/mol. The van der Waals surface area contributed by atoms with Crippen molar-refractivity contribution in [2.75, 3.05) is 19.6 Å². The summed E-state index contributed by atoms with van der Waals surface area (Å²) in [5, 5.41) is 32.9. The van der Waals surface area contributed by atoms with Crippen molar-refractivity contribution in [2.45, 2.75) is 37.4 Å². The van der Waals surface area contributed by atoms with E-state index >= 15 is 0 Å². The maximum absolute atomic E-state index is 11.0. The predicted octanol–water partition coefficient (Wildman–Crippen LogP) is -4.29. The number of nitrogens with one attached hydrogen (secondary N) is 1. The van der Waals surface area contributed by atoms with Gasteiger partial charge in [0, 0.05) is 25.2 Å². The molecule has 0 spiro atoms. The number of rotatable bonds is 10. The third kappa shape index (κ3) is 6.35. The molecule has 1 saturated heterocycles. The van der Waals surface area contributed by atoms with Gasteiger partial charge in [0.15, 0.2) is 0 Å². The third-order valence-electron chi connectivity index (χ3n) is 3.55. The molecule has 1 aliphatic heterocycles. The molecule has 0 bridgehead atoms. The van der Waals surface area contributed by atoms with Crippen LogP contribution in [0, 0.1) is 0 Å². The molecule has 0 aliphatic carbocycles. The van der Waals surface area contributed by atoms with Crippen LogP contribution in [0.3, 0.4) is 0 Å². The topological polar surface area (TPSA) is 159 Å². The Hall–Kier alpha value is -1.09. The van der Waals surface area contributed by atoms with Crippen LogP contribution in [0.4, 0.5) is 0 Å². The van der Waals surface area contributed by atoms with E-state index in [4.69, 9.17) is 10.8 Å². The van der Waals surface area contributed by atoms with Crippen molar-refractivity contribution >= 4 is 17.9 Å². The number of aliphatic carboxylic acids is 3. The van der Waals surface area contributed by atoms with E-state index in [-0.39, 0.29) is 38.9 Å². The van der Waals surface area contributed by atoms with Gasteiger partial charge in [-0.1, -0.05) is 0 Å². The molecule has 22 heavy (non-hydrogen) atoms. The molecule has 3 unspecified atom stereocenters. The average Bonchev–Trinajstić information content (AvgIpc) is 2.34. The van der Waals surface area contributed by atoms with Gasteiger partial charge in [-0.15, -0.1) is 0 Å². The van der Waals surface area contributed by atoms with Crippen molar-refractivity contribution < 1.29 is 49.2 Å². The second-order valence-electron chi connectivity index (χ2n) is 5.01. The molecule has 3 atom stereocenters. The van der Waals surface area contributed by atoms with Gasteiger partial charge in [0.1, 0.15) is 6.04 Å². The van der Waals surface area contributed by atoms with Crippen LogP contribution in [0.2, 0.25) is 0 Å². The van der Waals surface area contributed by atoms with Gasteiger partial charge < -0.3 is 36.0 Å². The summed E-state index contributed by atoms with van der Waals surface area (Å²) in [5.41, 5.74) is 5.24. The monoisotopic (exact) mass is 365 g/mol. The van der Waals surface area contributed by atoms with E-state index in [1.54, 1.807) is 4.90 Å². The molecule has 0 aromatic carbocycles. The number of carboxylic acids is 3. The molecule has 1 aliphatic rings. The zero-order valence-electron chi connectivity index (χ0n) is 12.2. The number of nitrogens with two attached hydrogens (primary N) is 1. The Balaban J connectivity index is 0.00000441. The summed E-state index contributed by atoms with van der Waals surface area (Å²) in [6.45, 7) is 1.03. The van der Waals surface area contributed by atoms with Crippen LogP contribution >= 0.6 is 0 Å². The standard InChI is InChI=1S/C12H21N3O6.Zn/c13-7(10(16)17)1-4-14-8(11(18)19)2-5-15-6-3-9(15)12(20)21;/h7-9,14H,1-6,13H2,(H,16,17)(H,18,19)(H,20,21);/q;+2/p-2. The number of likely N-dealkylation sites (tertiary alicyclic amines) is 1. The maximum atomic E-state index is 11.0. The van der Waals surface area contributed by atoms with Crippen molar-refractivity contribution in [3.8, 4) is 0 Å². The first kappa shape index (κ1) is 20.9. The number of carbonyl (C=O) groups is 3. The Labute approximate surface area is 140 Å². The Morgan fingerprint density at radius 1 is 1.27 bits per heavy atom. The van der Waals surface area contributed by atoms with Crippen LogP contribution in [-0.4, -0.2) is 65.7 Å². The fourth-order valence-corrected chi connectivity index (χ4v) is 2.12. The number of hydrogen-bond acceptors (Lipinski definition) is 8. The van der Waals surface area contributed by atoms with Crippen LogP contribution in [0.15, 0.2) is 0 Å². The molecular formula is C12H19N3O6Zn. The summed E-state index contributed by atoms with van der Waals surface area (Å²) in [6, 6.07) is -2.69. The van der Waals surface area contributed by atoms with E-state index < -0.39 is 36.0 Å². The van der Waals surface area contributed by atoms with Gasteiger partial charge in [-0.25, -0.2) is 0 Å². The smallest absolute Gasteiger partial charge is 0.548 e. The van der Waals surface area contributed by atoms with Gasteiger partial charge in [-0.2, -0.15) is 0 Å². The second kappa shape index (κ2) is 9.83. The summed E-state index contributed by atoms with van der Waals surface area (Å²) in [5.74, 6) is -3.63. The van der Waals surface area contributed by atoms with Gasteiger partial charge in [0.25, 0.3) is 0 Å². The zero-order chi connectivity index (χ0) is 16.0. The van der Waals surface area contributed by atoms with Gasteiger partial charge in [-0.3, -0.25) is 9.69 Å². The van der Waals surface area contributed by atoms with E-state index in [9.17, 15) is 24.6 Å². The van der Waals surface area contributed by atoms with Crippen LogP contribution in [-0.2, 0) is 33.9 Å². The molecule has 120 valence electrons. The van der Waals surface area contributed by atoms with E-state index in [1.807, 2.05) is 0 Å². The molecule has 10 heteroatoms. The largest absolute Gasteiger partial charge is 2.00 e. The zero-order valence-corrected chi connectivity index (χ0v) is 15.2. The Morgan fingerprint density at radius 2 is 1.91 bits per heavy atom. The van der Waals surface area contributed by atoms with Crippen LogP contribution in [0.5, 0.6) is 0 Å². The minimum absolute atomic E-state index is 0. The van der Waals surface area contributed by atoms with E-state index in [0.717, 1.165) is 0 Å². The summed E-state index contributed by atoms with van der Waals surface area (Å²) >= 11 is 0. The van der Waals surface area contributed by atoms with Crippen molar-refractivity contribution in [3.05, 3.63) is 0 Å². The Kier molecular flexibility index (Phi) is 9.35. The molecule has 4 N–H and O–H groups in total. The van der Waals surface area contributed by atoms with Crippen LogP contribution in [0.25, 0.3) is 0 Å². The molecule has 1 rings (SSSR count). The fourth-order valence-electron chi connectivity index (χ4n) is 2.12. The summed E-state index contributed by atoms with van der Waals surface area (Å²) in [4.78, 5) is 33.9. The number of carboxylic acid groups (broad SMARTS) is 3. The molecule has 0 aromatic heterocycles. The number of carbonyl (C=O) groups excluding carboxylic acids is 2. The van der Waals surface area contributed by atoms with Gasteiger partial charge in [0.05, 0.1) is 11.9 Å². The second-order valence-corrected chi connectivity index (χ2v) is 5.01. The van der Waals surface area contributed by atoms with Crippen molar-refractivity contribution in [1.82, 2.24) is 10.2 Å². The minimum atomic E-state index is -1.40. The summed E-state index contributed by atoms with van der Waals surface area (Å²) < 4.78 is 0. The summed E-state index contributed by atoms with van der Waals surface area (Å²) in [7, 11) is 0. The predicted molar refractivity (Wildman–Crippen MR) is 66.6 cm³/mol. The van der Waals surface area contributed by atoms with Gasteiger partial charge in [0.2, 0.25) is 0 Å². The van der Waals surface area contributed by atoms with E-state index in [2.05, 4.69) is 5.32 Å². The molecular weight excluding hydrogens is 348 g/mol. The quantitative estimate of drug-likeness (QED) is 0.325. The number of hydrogen-bond donors (Lipinski definition) is 3. The molecule has 0 radical (unpaired) electrons. The van der Waals surface area contributed by atoms with E-state index in [0.29, 0.717) is 19.5 Å². The SMILES string of the molecule is NC(CCNC(CCN1CCC1C(=O)O)C(=O)[O-])C(=O)[O-].[Zn+2]. The Bertz CT molecular complexity index is 408. The van der Waals surface area contributed by atoms with Gasteiger partial charge >= 0.3 is 25.4 Å². The maximum Gasteiger partial charge on any atom is 2.00 e. The Morgan fingerprint density at radius 3 is 2.32 bits per heavy atom. The molecule has 0 saturated carbocycles. The normalized spacial score (nSPS) is 20.3. The van der Waals surface area contributed by atoms with Crippen molar-refractivity contribution in [1.29, 1.82) is 0 Å². The molecule has 1 heterocycles. The molecule has 1 fully saturated rings. The van der Waals surface area contributed by atoms with Gasteiger partial charge in [-0.05, 0) is 25.8 Å². The molecule has 0 amide bonds. The fraction of sp³-hybridized carbons (Fsp3) is 0.750. The van der Waals surface area contributed by atoms with Crippen molar-refractivity contribution in [2.24, 2.45) is 5.73 Å². The van der Waals surface area contributed by atoms with E-state index in [1.165, 1.54) is 0 Å². The van der Waals surface area contributed by atoms with Crippen LogP contribution in [0.1, 0.15) is 19.3 Å². The molecule has 9 nitrogen and oxygen atoms in total. The first-order valence-corrected chi connectivity index (χ1v) is 6.70. The summed E-state index contributed by atoms with van der Waals surface area (Å²) in [6.07, 6.45) is 0.763. The first-order chi connectivity index (χ1) is 9.82. The van der Waals surface area contributed by atoms with Crippen molar-refractivity contribution in [3.63, 3.8) is 0 Å². The van der Waals surface area contributed by atoms with Crippen LogP contribution < -0.4 is 21.3 Å². The first-order valence-electron chi connectivity index (χ1n) is 6.70. The number of nitrogens with zero attached hydrogens (tertiary/aromatic N) is 1. The minimum Gasteiger partial charge on any atom is -0.548 e. The molecule has 0 aromatic rings.